The summed E-state index contributed by atoms with van der Waals surface area (Å²) in [4.78, 5) is 25.3. The van der Waals surface area contributed by atoms with Gasteiger partial charge in [-0.15, -0.1) is 0 Å². The summed E-state index contributed by atoms with van der Waals surface area (Å²) in [6.45, 7) is 0.140. The summed E-state index contributed by atoms with van der Waals surface area (Å²) in [5.74, 6) is -1.02. The minimum atomic E-state index is -4.48. The number of anilines is 1. The molecule has 5 nitrogen and oxygen atoms in total. The van der Waals surface area contributed by atoms with Crippen LogP contribution in [0.4, 0.5) is 28.0 Å². The van der Waals surface area contributed by atoms with E-state index >= 15 is 0 Å². The highest BCUT2D eigenvalue weighted by atomic mass is 19.4. The Morgan fingerprint density at radius 2 is 1.74 bits per heavy atom. The van der Waals surface area contributed by atoms with Crippen molar-refractivity contribution in [3.8, 4) is 0 Å². The van der Waals surface area contributed by atoms with Crippen LogP contribution in [0.1, 0.15) is 15.9 Å². The van der Waals surface area contributed by atoms with Gasteiger partial charge in [0.1, 0.15) is 11.9 Å². The molecule has 3 rings (SSSR count). The van der Waals surface area contributed by atoms with Crippen molar-refractivity contribution in [3.63, 3.8) is 0 Å². The van der Waals surface area contributed by atoms with Crippen LogP contribution in [-0.2, 0) is 10.9 Å². The highest BCUT2D eigenvalue weighted by Gasteiger charge is 2.33. The number of alkyl halides is 3. The highest BCUT2D eigenvalue weighted by Crippen LogP contribution is 2.29. The average Bonchev–Trinajstić information content (AvgIpc) is 3.00. The van der Waals surface area contributed by atoms with Gasteiger partial charge in [-0.1, -0.05) is 0 Å². The first kappa shape index (κ1) is 18.7. The molecule has 0 unspecified atom stereocenters. The fourth-order valence-electron chi connectivity index (χ4n) is 2.58. The van der Waals surface area contributed by atoms with Crippen molar-refractivity contribution in [2.24, 2.45) is 0 Å². The first-order chi connectivity index (χ1) is 12.7. The van der Waals surface area contributed by atoms with Crippen LogP contribution in [0, 0.1) is 5.82 Å². The maximum Gasteiger partial charge on any atom is 0.416 e. The fourth-order valence-corrected chi connectivity index (χ4v) is 2.58. The SMILES string of the molecule is O=C(NC[C@@H]1CN(c2ccc(F)cc2)C(=O)O1)c1ccc(C(F)(F)F)cc1. The van der Waals surface area contributed by atoms with Gasteiger partial charge >= 0.3 is 12.3 Å². The molecule has 1 aliphatic heterocycles. The van der Waals surface area contributed by atoms with Crippen LogP contribution in [0.25, 0.3) is 0 Å². The van der Waals surface area contributed by atoms with E-state index in [4.69, 9.17) is 4.74 Å². The molecule has 1 atom stereocenters. The Bertz CT molecular complexity index is 835. The van der Waals surface area contributed by atoms with Crippen LogP contribution in [0.2, 0.25) is 0 Å². The molecule has 1 fully saturated rings. The Morgan fingerprint density at radius 3 is 2.33 bits per heavy atom. The van der Waals surface area contributed by atoms with E-state index in [1.165, 1.54) is 29.2 Å². The third kappa shape index (κ3) is 4.36. The average molecular weight is 382 g/mol. The molecule has 1 heterocycles. The van der Waals surface area contributed by atoms with E-state index in [2.05, 4.69) is 5.32 Å². The summed E-state index contributed by atoms with van der Waals surface area (Å²) in [6, 6.07) is 9.07. The number of halogens is 4. The minimum absolute atomic E-state index is 0.0106. The fraction of sp³-hybridized carbons (Fsp3) is 0.222. The maximum absolute atomic E-state index is 13.0. The standard InChI is InChI=1S/C18H14F4N2O3/c19-13-5-7-14(8-6-13)24-10-15(27-17(24)26)9-23-16(25)11-1-3-12(4-2-11)18(20,21)22/h1-8,15H,9-10H2,(H,23,25)/t15-/m1/s1. The van der Waals surface area contributed by atoms with Crippen LogP contribution >= 0.6 is 0 Å². The van der Waals surface area contributed by atoms with Crippen molar-refractivity contribution in [2.75, 3.05) is 18.0 Å². The topological polar surface area (TPSA) is 58.6 Å². The molecule has 0 radical (unpaired) electrons. The lowest BCUT2D eigenvalue weighted by atomic mass is 10.1. The second-order valence-corrected chi connectivity index (χ2v) is 5.88. The van der Waals surface area contributed by atoms with E-state index in [9.17, 15) is 27.2 Å². The van der Waals surface area contributed by atoms with Crippen molar-refractivity contribution in [3.05, 3.63) is 65.5 Å². The summed E-state index contributed by atoms with van der Waals surface area (Å²) in [7, 11) is 0. The molecule has 2 aromatic rings. The van der Waals surface area contributed by atoms with Crippen LogP contribution in [0.5, 0.6) is 0 Å². The summed E-state index contributed by atoms with van der Waals surface area (Å²) >= 11 is 0. The van der Waals surface area contributed by atoms with Crippen molar-refractivity contribution in [1.82, 2.24) is 5.32 Å². The summed E-state index contributed by atoms with van der Waals surface area (Å²) in [5.41, 5.74) is -0.334. The van der Waals surface area contributed by atoms with E-state index < -0.39 is 35.7 Å². The lowest BCUT2D eigenvalue weighted by molar-refractivity contribution is -0.137. The quantitative estimate of drug-likeness (QED) is 0.822. The first-order valence-electron chi connectivity index (χ1n) is 7.93. The number of ether oxygens (including phenoxy) is 1. The molecule has 0 aromatic heterocycles. The zero-order chi connectivity index (χ0) is 19.6. The second kappa shape index (κ2) is 7.26. The summed E-state index contributed by atoms with van der Waals surface area (Å²) < 4.78 is 55.7. The van der Waals surface area contributed by atoms with E-state index in [1.54, 1.807) is 0 Å². The lowest BCUT2D eigenvalue weighted by Gasteiger charge is -2.13. The van der Waals surface area contributed by atoms with Gasteiger partial charge in [-0.05, 0) is 48.5 Å². The Kier molecular flexibility index (Phi) is 5.02. The zero-order valence-corrected chi connectivity index (χ0v) is 13.8. The smallest absolute Gasteiger partial charge is 0.416 e. The Labute approximate surface area is 151 Å². The number of hydrogen-bond donors (Lipinski definition) is 1. The van der Waals surface area contributed by atoms with E-state index in [0.29, 0.717) is 5.69 Å². The monoisotopic (exact) mass is 382 g/mol. The van der Waals surface area contributed by atoms with Gasteiger partial charge in [0.05, 0.1) is 18.7 Å². The van der Waals surface area contributed by atoms with Gasteiger partial charge in [-0.25, -0.2) is 9.18 Å². The minimum Gasteiger partial charge on any atom is -0.442 e. The molecule has 142 valence electrons. The van der Waals surface area contributed by atoms with Crippen LogP contribution in [0.15, 0.2) is 48.5 Å². The van der Waals surface area contributed by atoms with E-state index in [1.807, 2.05) is 0 Å². The molecule has 1 aliphatic rings. The van der Waals surface area contributed by atoms with Crippen LogP contribution in [-0.4, -0.2) is 31.2 Å². The molecule has 1 saturated heterocycles. The van der Waals surface area contributed by atoms with Gasteiger partial charge in [-0.3, -0.25) is 9.69 Å². The second-order valence-electron chi connectivity index (χ2n) is 5.88. The molecular weight excluding hydrogens is 368 g/mol. The number of carbonyl (C=O) groups is 2. The number of cyclic esters (lactones) is 1. The van der Waals surface area contributed by atoms with Gasteiger partial charge in [-0.2, -0.15) is 13.2 Å². The Hall–Kier alpha value is -3.10. The van der Waals surface area contributed by atoms with Gasteiger partial charge in [0.25, 0.3) is 5.91 Å². The number of nitrogens with one attached hydrogen (secondary N) is 1. The van der Waals surface area contributed by atoms with E-state index in [0.717, 1.165) is 24.3 Å². The number of rotatable bonds is 4. The largest absolute Gasteiger partial charge is 0.442 e. The summed E-state index contributed by atoms with van der Waals surface area (Å²) in [5, 5.41) is 2.52. The number of nitrogens with zero attached hydrogens (tertiary/aromatic N) is 1. The molecule has 27 heavy (non-hydrogen) atoms. The van der Waals surface area contributed by atoms with Gasteiger partial charge in [0, 0.05) is 11.3 Å². The molecule has 0 bridgehead atoms. The zero-order valence-electron chi connectivity index (χ0n) is 13.8. The predicted molar refractivity (Wildman–Crippen MR) is 87.8 cm³/mol. The van der Waals surface area contributed by atoms with E-state index in [-0.39, 0.29) is 18.7 Å². The van der Waals surface area contributed by atoms with Gasteiger partial charge in [0.15, 0.2) is 0 Å². The van der Waals surface area contributed by atoms with Crippen molar-refractivity contribution < 1.29 is 31.9 Å². The molecule has 1 N–H and O–H groups in total. The van der Waals surface area contributed by atoms with Crippen molar-refractivity contribution in [1.29, 1.82) is 0 Å². The Balaban J connectivity index is 1.56. The molecule has 2 aromatic carbocycles. The summed E-state index contributed by atoms with van der Waals surface area (Å²) in [6.07, 6.45) is -5.74. The first-order valence-corrected chi connectivity index (χ1v) is 7.93. The van der Waals surface area contributed by atoms with Crippen LogP contribution in [0.3, 0.4) is 0 Å². The van der Waals surface area contributed by atoms with Crippen molar-refractivity contribution in [2.45, 2.75) is 12.3 Å². The third-order valence-electron chi connectivity index (χ3n) is 3.98. The molecule has 2 amide bonds. The maximum atomic E-state index is 13.0. The number of benzene rings is 2. The molecular formula is C18H14F4N2O3. The third-order valence-corrected chi connectivity index (χ3v) is 3.98. The molecule has 0 spiro atoms. The van der Waals surface area contributed by atoms with Crippen LogP contribution < -0.4 is 10.2 Å². The van der Waals surface area contributed by atoms with Crippen molar-refractivity contribution >= 4 is 17.7 Å². The molecule has 0 aliphatic carbocycles. The number of amides is 2. The number of carbonyl (C=O) groups excluding carboxylic acids is 2. The Morgan fingerprint density at radius 1 is 1.11 bits per heavy atom. The lowest BCUT2D eigenvalue weighted by Crippen LogP contribution is -2.34. The van der Waals surface area contributed by atoms with Gasteiger partial charge in [0.2, 0.25) is 0 Å². The highest BCUT2D eigenvalue weighted by molar-refractivity contribution is 5.94. The molecule has 0 saturated carbocycles. The van der Waals surface area contributed by atoms with Gasteiger partial charge < -0.3 is 10.1 Å². The normalized spacial score (nSPS) is 17.0. The number of hydrogen-bond acceptors (Lipinski definition) is 3. The predicted octanol–water partition coefficient (Wildman–Crippen LogP) is 3.60. The molecule has 9 heteroatoms.